The first-order chi connectivity index (χ1) is 15.1. The van der Waals surface area contributed by atoms with E-state index < -0.39 is 0 Å². The molecule has 4 heterocycles. The van der Waals surface area contributed by atoms with Crippen LogP contribution in [-0.2, 0) is 17.6 Å². The summed E-state index contributed by atoms with van der Waals surface area (Å²) in [6.45, 7) is 5.69. The first-order valence-electron chi connectivity index (χ1n) is 11.0. The van der Waals surface area contributed by atoms with Crippen molar-refractivity contribution in [1.29, 1.82) is 0 Å². The maximum Gasteiger partial charge on any atom is 0.257 e. The van der Waals surface area contributed by atoms with Crippen molar-refractivity contribution in [3.05, 3.63) is 23.0 Å². The predicted molar refractivity (Wildman–Crippen MR) is 121 cm³/mol. The number of anilines is 3. The van der Waals surface area contributed by atoms with Crippen LogP contribution in [0.4, 0.5) is 17.6 Å². The first kappa shape index (κ1) is 20.5. The summed E-state index contributed by atoms with van der Waals surface area (Å²) in [5.41, 5.74) is 6.34. The molecule has 1 atom stereocenters. The van der Waals surface area contributed by atoms with E-state index in [1.165, 1.54) is 0 Å². The molecule has 5 rings (SSSR count). The Kier molecular flexibility index (Phi) is 5.72. The number of aryl methyl sites for hydroxylation is 1. The van der Waals surface area contributed by atoms with Gasteiger partial charge in [-0.2, -0.15) is 10.1 Å². The Morgan fingerprint density at radius 3 is 2.97 bits per heavy atom. The Morgan fingerprint density at radius 2 is 2.19 bits per heavy atom. The predicted octanol–water partition coefficient (Wildman–Crippen LogP) is 2.02. The van der Waals surface area contributed by atoms with E-state index in [0.29, 0.717) is 18.5 Å². The van der Waals surface area contributed by atoms with Crippen LogP contribution < -0.4 is 21.0 Å². The van der Waals surface area contributed by atoms with Gasteiger partial charge >= 0.3 is 0 Å². The van der Waals surface area contributed by atoms with Crippen LogP contribution in [0.3, 0.4) is 0 Å². The summed E-state index contributed by atoms with van der Waals surface area (Å²) in [5.74, 6) is 3.39. The van der Waals surface area contributed by atoms with Crippen LogP contribution >= 0.6 is 11.9 Å². The summed E-state index contributed by atoms with van der Waals surface area (Å²) in [6, 6.07) is 1.77. The molecule has 2 saturated heterocycles. The molecule has 2 aliphatic heterocycles. The maximum atomic E-state index is 12.9. The van der Waals surface area contributed by atoms with Gasteiger partial charge in [0.15, 0.2) is 5.82 Å². The number of carbonyl (C=O) groups excluding carboxylic acids is 1. The molecule has 0 spiro atoms. The molecule has 0 bridgehead atoms. The molecule has 0 saturated carbocycles. The highest BCUT2D eigenvalue weighted by Crippen LogP contribution is 2.32. The summed E-state index contributed by atoms with van der Waals surface area (Å²) in [7, 11) is 0. The average molecular weight is 444 g/mol. The largest absolute Gasteiger partial charge is 0.329 e. The van der Waals surface area contributed by atoms with E-state index >= 15 is 0 Å². The van der Waals surface area contributed by atoms with Crippen molar-refractivity contribution in [2.75, 3.05) is 29.3 Å². The number of hydrogen-bond acceptors (Lipinski definition) is 9. The van der Waals surface area contributed by atoms with Crippen molar-refractivity contribution in [2.24, 2.45) is 0 Å². The number of hydrogen-bond donors (Lipinski definition) is 4. The van der Waals surface area contributed by atoms with Gasteiger partial charge < -0.3 is 10.2 Å². The first-order valence-corrected chi connectivity index (χ1v) is 11.9. The highest BCUT2D eigenvalue weighted by molar-refractivity contribution is 7.97. The molecule has 0 unspecified atom stereocenters. The lowest BCUT2D eigenvalue weighted by atomic mass is 10.1. The molecule has 1 amide bonds. The molecule has 1 aliphatic carbocycles. The molecule has 0 aromatic carbocycles. The highest BCUT2D eigenvalue weighted by atomic mass is 32.2. The van der Waals surface area contributed by atoms with Gasteiger partial charge in [-0.3, -0.25) is 20.6 Å². The minimum Gasteiger partial charge on any atom is -0.329 e. The number of aromatic amines is 1. The highest BCUT2D eigenvalue weighted by Gasteiger charge is 2.35. The molecule has 11 heteroatoms. The fourth-order valence-corrected chi connectivity index (χ4v) is 5.01. The van der Waals surface area contributed by atoms with Crippen LogP contribution in [0, 0.1) is 0 Å². The molecule has 3 aliphatic rings. The standard InChI is InChI=1S/C20H29N9OS/c1-12(2)15-9-17(26-25-15)23-18-13-5-3-6-14(13)22-20(24-18)28-8-4-7-16(28)19(30)27-29-10-21-11-31-29/h9,12,16,21H,3-8,10-11H2,1-2H3,(H,27,30)(H2,22,23,24,25,26)/t16-/m1/s1. The van der Waals surface area contributed by atoms with Crippen molar-refractivity contribution < 1.29 is 4.79 Å². The van der Waals surface area contributed by atoms with Gasteiger partial charge in [-0.25, -0.2) is 4.98 Å². The number of aromatic nitrogens is 4. The SMILES string of the molecule is CC(C)c1cc(Nc2nc(N3CCC[C@@H]3C(=O)NN3CNCS3)nc3c2CCC3)n[nH]1. The zero-order valence-corrected chi connectivity index (χ0v) is 18.8. The lowest BCUT2D eigenvalue weighted by molar-refractivity contribution is -0.125. The molecular weight excluding hydrogens is 414 g/mol. The second-order valence-corrected chi connectivity index (χ2v) is 9.51. The molecule has 31 heavy (non-hydrogen) atoms. The van der Waals surface area contributed by atoms with E-state index in [1.54, 1.807) is 11.9 Å². The topological polar surface area (TPSA) is 114 Å². The minimum atomic E-state index is -0.258. The summed E-state index contributed by atoms with van der Waals surface area (Å²) in [6.07, 6.45) is 4.73. The molecule has 10 nitrogen and oxygen atoms in total. The van der Waals surface area contributed by atoms with E-state index in [-0.39, 0.29) is 11.9 Å². The summed E-state index contributed by atoms with van der Waals surface area (Å²) in [4.78, 5) is 24.7. The summed E-state index contributed by atoms with van der Waals surface area (Å²) < 4.78 is 1.85. The molecule has 2 aromatic rings. The van der Waals surface area contributed by atoms with Crippen LogP contribution in [0.5, 0.6) is 0 Å². The van der Waals surface area contributed by atoms with E-state index in [9.17, 15) is 4.79 Å². The molecule has 0 radical (unpaired) electrons. The third-order valence-electron chi connectivity index (χ3n) is 6.01. The van der Waals surface area contributed by atoms with E-state index in [4.69, 9.17) is 9.97 Å². The van der Waals surface area contributed by atoms with Crippen LogP contribution in [-0.4, -0.2) is 55.6 Å². The number of nitrogens with one attached hydrogen (secondary N) is 4. The fourth-order valence-electron chi connectivity index (χ4n) is 4.33. The van der Waals surface area contributed by atoms with Crippen molar-refractivity contribution in [3.8, 4) is 0 Å². The number of hydrazine groups is 1. The number of rotatable bonds is 6. The quantitative estimate of drug-likeness (QED) is 0.498. The second-order valence-electron chi connectivity index (χ2n) is 8.53. The van der Waals surface area contributed by atoms with Crippen molar-refractivity contribution in [3.63, 3.8) is 0 Å². The Labute approximate surface area is 186 Å². The summed E-state index contributed by atoms with van der Waals surface area (Å²) in [5, 5.41) is 14.1. The molecule has 166 valence electrons. The number of carbonyl (C=O) groups is 1. The van der Waals surface area contributed by atoms with Gasteiger partial charge in [0.25, 0.3) is 5.91 Å². The zero-order valence-electron chi connectivity index (χ0n) is 17.9. The lowest BCUT2D eigenvalue weighted by Crippen LogP contribution is -2.48. The van der Waals surface area contributed by atoms with Crippen LogP contribution in [0.15, 0.2) is 6.07 Å². The Morgan fingerprint density at radius 1 is 1.29 bits per heavy atom. The van der Waals surface area contributed by atoms with E-state index in [1.807, 2.05) is 10.5 Å². The zero-order chi connectivity index (χ0) is 21.4. The fraction of sp³-hybridized carbons (Fsp3) is 0.600. The van der Waals surface area contributed by atoms with Gasteiger partial charge in [0.2, 0.25) is 5.95 Å². The third-order valence-corrected chi connectivity index (χ3v) is 6.88. The minimum absolute atomic E-state index is 0.00110. The van der Waals surface area contributed by atoms with Crippen LogP contribution in [0.1, 0.15) is 56.0 Å². The smallest absolute Gasteiger partial charge is 0.257 e. The second kappa shape index (κ2) is 8.64. The lowest BCUT2D eigenvalue weighted by Gasteiger charge is -2.26. The normalized spacial score (nSPS) is 21.1. The van der Waals surface area contributed by atoms with Gasteiger partial charge in [0.05, 0.1) is 18.2 Å². The molecular formula is C20H29N9OS. The van der Waals surface area contributed by atoms with Crippen LogP contribution in [0.25, 0.3) is 0 Å². The number of nitrogens with zero attached hydrogens (tertiary/aromatic N) is 5. The Hall–Kier alpha value is -2.37. The van der Waals surface area contributed by atoms with Crippen molar-refractivity contribution in [2.45, 2.75) is 57.9 Å². The van der Waals surface area contributed by atoms with E-state index in [2.05, 4.69) is 45.0 Å². The number of amides is 1. The van der Waals surface area contributed by atoms with Gasteiger partial charge in [-0.1, -0.05) is 13.8 Å². The van der Waals surface area contributed by atoms with Gasteiger partial charge in [0, 0.05) is 23.9 Å². The van der Waals surface area contributed by atoms with Gasteiger partial charge in [0.1, 0.15) is 11.9 Å². The summed E-state index contributed by atoms with van der Waals surface area (Å²) >= 11 is 1.57. The number of H-pyrrole nitrogens is 1. The maximum absolute atomic E-state index is 12.9. The van der Waals surface area contributed by atoms with Crippen molar-refractivity contribution >= 4 is 35.4 Å². The van der Waals surface area contributed by atoms with E-state index in [0.717, 1.165) is 73.1 Å². The third kappa shape index (κ3) is 4.21. The monoisotopic (exact) mass is 443 g/mol. The Bertz CT molecular complexity index is 956. The average Bonchev–Trinajstić information content (AvgIpc) is 3.53. The van der Waals surface area contributed by atoms with Gasteiger partial charge in [-0.05, 0) is 50.0 Å². The molecule has 2 fully saturated rings. The molecule has 4 N–H and O–H groups in total. The van der Waals surface area contributed by atoms with Crippen LogP contribution in [0.2, 0.25) is 0 Å². The Balaban J connectivity index is 1.39. The number of fused-ring (bicyclic) bond motifs is 1. The molecule has 2 aromatic heterocycles. The van der Waals surface area contributed by atoms with Crippen molar-refractivity contribution in [1.82, 2.24) is 35.3 Å². The van der Waals surface area contributed by atoms with Gasteiger partial charge in [-0.15, -0.1) is 4.41 Å².